The van der Waals surface area contributed by atoms with E-state index in [0.29, 0.717) is 19.0 Å². The van der Waals surface area contributed by atoms with E-state index in [1.165, 1.54) is 23.3 Å². The fourth-order valence-corrected chi connectivity index (χ4v) is 3.26. The molecule has 1 atom stereocenters. The molecule has 5 heteroatoms. The SMILES string of the molecule is CN1CCN(c2cccc(CC3CCCNC3)c2)C(=O)C1=O. The molecule has 1 aromatic carbocycles. The molecule has 3 rings (SSSR count). The molecule has 0 spiro atoms. The highest BCUT2D eigenvalue weighted by Crippen LogP contribution is 2.22. The first-order valence-electron chi connectivity index (χ1n) is 8.02. The van der Waals surface area contributed by atoms with E-state index in [9.17, 15) is 9.59 Å². The van der Waals surface area contributed by atoms with Gasteiger partial charge in [-0.15, -0.1) is 0 Å². The van der Waals surface area contributed by atoms with Gasteiger partial charge < -0.3 is 15.1 Å². The van der Waals surface area contributed by atoms with Gasteiger partial charge in [-0.3, -0.25) is 9.59 Å². The second-order valence-corrected chi connectivity index (χ2v) is 6.27. The van der Waals surface area contributed by atoms with E-state index < -0.39 is 11.8 Å². The van der Waals surface area contributed by atoms with E-state index in [4.69, 9.17) is 0 Å². The third-order valence-electron chi connectivity index (χ3n) is 4.58. The van der Waals surface area contributed by atoms with Crippen molar-refractivity contribution < 1.29 is 9.59 Å². The molecule has 1 aromatic rings. The zero-order valence-corrected chi connectivity index (χ0v) is 13.0. The first-order valence-corrected chi connectivity index (χ1v) is 8.02. The average Bonchev–Trinajstić information content (AvgIpc) is 2.54. The van der Waals surface area contributed by atoms with E-state index in [0.717, 1.165) is 25.2 Å². The highest BCUT2D eigenvalue weighted by Gasteiger charge is 2.31. The van der Waals surface area contributed by atoms with Crippen molar-refractivity contribution >= 4 is 17.5 Å². The molecule has 2 amide bonds. The molecule has 118 valence electrons. The molecule has 1 N–H and O–H groups in total. The van der Waals surface area contributed by atoms with Crippen molar-refractivity contribution in [2.24, 2.45) is 5.92 Å². The molecule has 2 heterocycles. The van der Waals surface area contributed by atoms with Gasteiger partial charge >= 0.3 is 11.8 Å². The maximum absolute atomic E-state index is 12.2. The Labute approximate surface area is 131 Å². The van der Waals surface area contributed by atoms with Crippen molar-refractivity contribution in [3.05, 3.63) is 29.8 Å². The molecule has 2 aliphatic rings. The zero-order chi connectivity index (χ0) is 15.5. The van der Waals surface area contributed by atoms with E-state index >= 15 is 0 Å². The van der Waals surface area contributed by atoms with E-state index in [1.54, 1.807) is 11.9 Å². The Morgan fingerprint density at radius 3 is 2.86 bits per heavy atom. The quantitative estimate of drug-likeness (QED) is 0.849. The molecular weight excluding hydrogens is 278 g/mol. The van der Waals surface area contributed by atoms with Gasteiger partial charge in [0.15, 0.2) is 0 Å². The number of amides is 2. The molecule has 1 unspecified atom stereocenters. The second-order valence-electron chi connectivity index (χ2n) is 6.27. The Morgan fingerprint density at radius 2 is 2.09 bits per heavy atom. The summed E-state index contributed by atoms with van der Waals surface area (Å²) in [6.45, 7) is 3.33. The van der Waals surface area contributed by atoms with Crippen LogP contribution in [0.25, 0.3) is 0 Å². The van der Waals surface area contributed by atoms with Gasteiger partial charge in [0.25, 0.3) is 0 Å². The highest BCUT2D eigenvalue weighted by atomic mass is 16.2. The van der Waals surface area contributed by atoms with Crippen LogP contribution in [0.5, 0.6) is 0 Å². The molecule has 5 nitrogen and oxygen atoms in total. The van der Waals surface area contributed by atoms with Crippen LogP contribution in [0, 0.1) is 5.92 Å². The van der Waals surface area contributed by atoms with Crippen LogP contribution in [0.1, 0.15) is 18.4 Å². The fraction of sp³-hybridized carbons (Fsp3) is 0.529. The van der Waals surface area contributed by atoms with Gasteiger partial charge in [-0.05, 0) is 56.0 Å². The van der Waals surface area contributed by atoms with Crippen LogP contribution in [-0.2, 0) is 16.0 Å². The summed E-state index contributed by atoms with van der Waals surface area (Å²) in [6.07, 6.45) is 3.51. The van der Waals surface area contributed by atoms with E-state index in [2.05, 4.69) is 17.4 Å². The molecule has 2 fully saturated rings. The zero-order valence-electron chi connectivity index (χ0n) is 13.0. The molecule has 2 saturated heterocycles. The monoisotopic (exact) mass is 301 g/mol. The van der Waals surface area contributed by atoms with Gasteiger partial charge in [-0.25, -0.2) is 0 Å². The van der Waals surface area contributed by atoms with Gasteiger partial charge in [0, 0.05) is 25.8 Å². The first-order chi connectivity index (χ1) is 10.6. The van der Waals surface area contributed by atoms with Gasteiger partial charge in [0.2, 0.25) is 0 Å². The number of hydrogen-bond acceptors (Lipinski definition) is 3. The smallest absolute Gasteiger partial charge is 0.316 e. The van der Waals surface area contributed by atoms with Gasteiger partial charge in [0.1, 0.15) is 0 Å². The summed E-state index contributed by atoms with van der Waals surface area (Å²) in [4.78, 5) is 27.1. The van der Waals surface area contributed by atoms with Crippen LogP contribution < -0.4 is 10.2 Å². The van der Waals surface area contributed by atoms with Crippen LogP contribution in [-0.4, -0.2) is 49.9 Å². The standard InChI is InChI=1S/C17H23N3O2/c1-19-8-9-20(17(22)16(19)21)15-6-2-4-13(11-15)10-14-5-3-7-18-12-14/h2,4,6,11,14,18H,3,5,7-10,12H2,1H3. The summed E-state index contributed by atoms with van der Waals surface area (Å²) in [6, 6.07) is 8.07. The number of benzene rings is 1. The number of carbonyl (C=O) groups excluding carboxylic acids is 2. The lowest BCUT2D eigenvalue weighted by molar-refractivity contribution is -0.145. The highest BCUT2D eigenvalue weighted by molar-refractivity contribution is 6.40. The third kappa shape index (κ3) is 3.14. The summed E-state index contributed by atoms with van der Waals surface area (Å²) in [5, 5.41) is 3.44. The normalized spacial score (nSPS) is 23.0. The number of rotatable bonds is 3. The van der Waals surface area contributed by atoms with Crippen LogP contribution in [0.2, 0.25) is 0 Å². The minimum absolute atomic E-state index is 0.423. The molecule has 0 aliphatic carbocycles. The number of anilines is 1. The lowest BCUT2D eigenvalue weighted by Gasteiger charge is -2.31. The molecule has 0 saturated carbocycles. The topological polar surface area (TPSA) is 52.6 Å². The minimum atomic E-state index is -0.426. The van der Waals surface area contributed by atoms with Gasteiger partial charge in [0.05, 0.1) is 0 Å². The number of piperidine rings is 1. The number of nitrogens with zero attached hydrogens (tertiary/aromatic N) is 2. The molecule has 0 bridgehead atoms. The number of hydrogen-bond donors (Lipinski definition) is 1. The van der Waals surface area contributed by atoms with Crippen molar-refractivity contribution in [3.63, 3.8) is 0 Å². The molecule has 2 aliphatic heterocycles. The van der Waals surface area contributed by atoms with Gasteiger partial charge in [-0.1, -0.05) is 12.1 Å². The van der Waals surface area contributed by atoms with Crippen molar-refractivity contribution in [2.75, 3.05) is 38.1 Å². The predicted molar refractivity (Wildman–Crippen MR) is 85.7 cm³/mol. The predicted octanol–water partition coefficient (Wildman–Crippen LogP) is 1.03. The lowest BCUT2D eigenvalue weighted by atomic mass is 9.92. The molecule has 0 aromatic heterocycles. The van der Waals surface area contributed by atoms with Crippen molar-refractivity contribution in [2.45, 2.75) is 19.3 Å². The maximum Gasteiger partial charge on any atom is 0.316 e. The Bertz CT molecular complexity index is 567. The van der Waals surface area contributed by atoms with Crippen molar-refractivity contribution in [3.8, 4) is 0 Å². The van der Waals surface area contributed by atoms with Crippen molar-refractivity contribution in [1.29, 1.82) is 0 Å². The van der Waals surface area contributed by atoms with E-state index in [-0.39, 0.29) is 0 Å². The van der Waals surface area contributed by atoms with Crippen LogP contribution in [0.3, 0.4) is 0 Å². The Hall–Kier alpha value is -1.88. The van der Waals surface area contributed by atoms with Crippen molar-refractivity contribution in [1.82, 2.24) is 10.2 Å². The van der Waals surface area contributed by atoms with Crippen LogP contribution in [0.4, 0.5) is 5.69 Å². The molecule has 22 heavy (non-hydrogen) atoms. The summed E-state index contributed by atoms with van der Waals surface area (Å²) >= 11 is 0. The van der Waals surface area contributed by atoms with Crippen LogP contribution >= 0.6 is 0 Å². The van der Waals surface area contributed by atoms with E-state index in [1.807, 2.05) is 12.1 Å². The molecule has 0 radical (unpaired) electrons. The largest absolute Gasteiger partial charge is 0.336 e. The number of nitrogens with one attached hydrogen (secondary N) is 1. The minimum Gasteiger partial charge on any atom is -0.336 e. The number of piperazine rings is 1. The first kappa shape index (κ1) is 15.0. The second kappa shape index (κ2) is 6.48. The average molecular weight is 301 g/mol. The summed E-state index contributed by atoms with van der Waals surface area (Å²) < 4.78 is 0. The summed E-state index contributed by atoms with van der Waals surface area (Å²) in [5.41, 5.74) is 2.08. The Morgan fingerprint density at radius 1 is 1.23 bits per heavy atom. The third-order valence-corrected chi connectivity index (χ3v) is 4.58. The van der Waals surface area contributed by atoms with Crippen LogP contribution in [0.15, 0.2) is 24.3 Å². The number of carbonyl (C=O) groups is 2. The fourth-order valence-electron chi connectivity index (χ4n) is 3.26. The Kier molecular flexibility index (Phi) is 4.43. The molecular formula is C17H23N3O2. The summed E-state index contributed by atoms with van der Waals surface area (Å²) in [7, 11) is 1.67. The van der Waals surface area contributed by atoms with Gasteiger partial charge in [-0.2, -0.15) is 0 Å². The summed E-state index contributed by atoms with van der Waals surface area (Å²) in [5.74, 6) is -0.188. The maximum atomic E-state index is 12.2. The number of likely N-dealkylation sites (N-methyl/N-ethyl adjacent to an activating group) is 1. The lowest BCUT2D eigenvalue weighted by Crippen LogP contribution is -2.53. The Balaban J connectivity index is 1.73.